The van der Waals surface area contributed by atoms with Gasteiger partial charge in [0.2, 0.25) is 11.8 Å². The van der Waals surface area contributed by atoms with E-state index in [1.807, 2.05) is 27.7 Å². The predicted octanol–water partition coefficient (Wildman–Crippen LogP) is 2.32. The first kappa shape index (κ1) is 34.7. The van der Waals surface area contributed by atoms with E-state index in [0.717, 1.165) is 17.3 Å². The van der Waals surface area contributed by atoms with Crippen LogP contribution in [0.15, 0.2) is 24.3 Å². The lowest BCUT2D eigenvalue weighted by atomic mass is 10.0. The second kappa shape index (κ2) is 17.4. The van der Waals surface area contributed by atoms with Crippen LogP contribution < -0.4 is 27.0 Å². The summed E-state index contributed by atoms with van der Waals surface area (Å²) in [7, 11) is 0. The number of nitrogens with one attached hydrogen (secondary N) is 4. The molecule has 0 spiro atoms. The van der Waals surface area contributed by atoms with Gasteiger partial charge in [-0.05, 0) is 42.7 Å². The number of piperazine rings is 1. The molecular weight excluding hydrogens is 562 g/mol. The highest BCUT2D eigenvalue weighted by molar-refractivity contribution is 8.12. The third kappa shape index (κ3) is 11.8. The van der Waals surface area contributed by atoms with Gasteiger partial charge in [-0.1, -0.05) is 51.6 Å². The minimum Gasteiger partial charge on any atom is -0.445 e. The molecule has 1 heterocycles. The molecule has 1 saturated heterocycles. The Morgan fingerprint density at radius 1 is 0.952 bits per heavy atom. The number of anilines is 1. The molecule has 6 N–H and O–H groups in total. The van der Waals surface area contributed by atoms with Gasteiger partial charge in [-0.2, -0.15) is 0 Å². The minimum atomic E-state index is -0.838. The van der Waals surface area contributed by atoms with Crippen molar-refractivity contribution in [1.29, 1.82) is 0 Å². The monoisotopic (exact) mass is 607 g/mol. The van der Waals surface area contributed by atoms with Gasteiger partial charge in [0.15, 0.2) is 0 Å². The van der Waals surface area contributed by atoms with Gasteiger partial charge in [-0.15, -0.1) is 0 Å². The molecule has 234 valence electrons. The normalized spacial score (nSPS) is 14.7. The van der Waals surface area contributed by atoms with Crippen LogP contribution in [0.3, 0.4) is 0 Å². The maximum Gasteiger partial charge on any atom is 0.410 e. The van der Waals surface area contributed by atoms with E-state index in [0.29, 0.717) is 38.3 Å². The number of nitrogens with two attached hydrogens (primary N) is 1. The fraction of sp³-hybridized carbons (Fsp3) is 0.607. The maximum absolute atomic E-state index is 13.2. The zero-order valence-electron chi connectivity index (χ0n) is 25.1. The first-order valence-corrected chi connectivity index (χ1v) is 15.4. The molecule has 1 fully saturated rings. The second-order valence-electron chi connectivity index (χ2n) is 10.7. The molecule has 0 aliphatic carbocycles. The summed E-state index contributed by atoms with van der Waals surface area (Å²) in [6.07, 6.45) is 2.01. The largest absolute Gasteiger partial charge is 0.445 e. The number of rotatable bonds is 13. The van der Waals surface area contributed by atoms with Crippen molar-refractivity contribution in [1.82, 2.24) is 25.8 Å². The highest BCUT2D eigenvalue weighted by atomic mass is 32.2. The lowest BCUT2D eigenvalue weighted by Crippen LogP contribution is -2.54. The first-order valence-electron chi connectivity index (χ1n) is 14.1. The average Bonchev–Trinajstić information content (AvgIpc) is 2.96. The van der Waals surface area contributed by atoms with Gasteiger partial charge in [-0.3, -0.25) is 14.4 Å². The number of amides is 6. The summed E-state index contributed by atoms with van der Waals surface area (Å²) in [6, 6.07) is 4.97. The lowest BCUT2D eigenvalue weighted by Gasteiger charge is -2.33. The molecule has 1 aromatic rings. The van der Waals surface area contributed by atoms with E-state index in [9.17, 15) is 24.0 Å². The van der Waals surface area contributed by atoms with E-state index in [4.69, 9.17) is 10.5 Å². The van der Waals surface area contributed by atoms with Gasteiger partial charge in [0.25, 0.3) is 5.24 Å². The zero-order valence-corrected chi connectivity index (χ0v) is 25.9. The average molecular weight is 608 g/mol. The van der Waals surface area contributed by atoms with Crippen molar-refractivity contribution in [3.63, 3.8) is 0 Å². The molecule has 1 aromatic carbocycles. The maximum atomic E-state index is 13.2. The second-order valence-corrected chi connectivity index (χ2v) is 11.5. The van der Waals surface area contributed by atoms with E-state index in [2.05, 4.69) is 21.3 Å². The molecule has 6 amide bonds. The molecule has 2 rings (SSSR count). The Morgan fingerprint density at radius 3 is 2.12 bits per heavy atom. The van der Waals surface area contributed by atoms with E-state index in [1.54, 1.807) is 40.3 Å². The van der Waals surface area contributed by atoms with Crippen molar-refractivity contribution in [2.24, 2.45) is 11.7 Å². The quantitative estimate of drug-likeness (QED) is 0.212. The Balaban J connectivity index is 1.94. The summed E-state index contributed by atoms with van der Waals surface area (Å²) < 4.78 is 5.43. The topological polar surface area (TPSA) is 175 Å². The Morgan fingerprint density at radius 2 is 1.57 bits per heavy atom. The van der Waals surface area contributed by atoms with Crippen LogP contribution in [0.5, 0.6) is 0 Å². The Labute approximate surface area is 252 Å². The van der Waals surface area contributed by atoms with Crippen LogP contribution in [-0.4, -0.2) is 96.1 Å². The highest BCUT2D eigenvalue weighted by Crippen LogP contribution is 2.14. The number of benzene rings is 1. The first-order chi connectivity index (χ1) is 19.9. The van der Waals surface area contributed by atoms with Crippen molar-refractivity contribution >= 4 is 46.6 Å². The number of nitrogens with zero attached hydrogens (tertiary/aromatic N) is 2. The Hall–Kier alpha value is -3.52. The third-order valence-corrected chi connectivity index (χ3v) is 7.23. The molecule has 42 heavy (non-hydrogen) atoms. The standard InChI is InChI=1S/C28H45N7O6S/c1-18(2)23(31-19(3)4)25(37)33-22(7-6-12-30-26(29)38)24(36)32-21-10-8-20(9-11-21)17-41-27(39)34-13-15-35(16-14-34)28(40)42-5/h8-11,18-19,22-23,31H,6-7,12-17H2,1-5H3,(H,32,36)(H,33,37)(H3,29,30,38)/t22-,23-/m0/s1. The molecule has 1 aliphatic heterocycles. The van der Waals surface area contributed by atoms with Crippen molar-refractivity contribution in [2.45, 2.75) is 65.3 Å². The Bertz CT molecular complexity index is 1060. The third-order valence-electron chi connectivity index (χ3n) is 6.62. The van der Waals surface area contributed by atoms with Crippen molar-refractivity contribution in [2.75, 3.05) is 44.3 Å². The van der Waals surface area contributed by atoms with E-state index >= 15 is 0 Å². The molecular formula is C28H45N7O6S. The highest BCUT2D eigenvalue weighted by Gasteiger charge is 2.28. The summed E-state index contributed by atoms with van der Waals surface area (Å²) in [5.41, 5.74) is 6.38. The van der Waals surface area contributed by atoms with Gasteiger partial charge >= 0.3 is 12.1 Å². The summed E-state index contributed by atoms with van der Waals surface area (Å²) in [5.74, 6) is -0.674. The van der Waals surface area contributed by atoms with E-state index < -0.39 is 30.1 Å². The number of hydrogen-bond acceptors (Lipinski definition) is 8. The summed E-state index contributed by atoms with van der Waals surface area (Å²) >= 11 is 1.15. The van der Waals surface area contributed by atoms with Crippen molar-refractivity contribution < 1.29 is 28.7 Å². The summed E-state index contributed by atoms with van der Waals surface area (Å²) in [5, 5.41) is 11.4. The van der Waals surface area contributed by atoms with Gasteiger partial charge in [0.05, 0.1) is 6.04 Å². The molecule has 14 heteroatoms. The van der Waals surface area contributed by atoms with Crippen molar-refractivity contribution in [3.8, 4) is 0 Å². The number of hydrogen-bond donors (Lipinski definition) is 5. The van der Waals surface area contributed by atoms with E-state index in [-0.39, 0.29) is 42.7 Å². The van der Waals surface area contributed by atoms with Crippen LogP contribution in [0.25, 0.3) is 0 Å². The number of urea groups is 1. The molecule has 0 bridgehead atoms. The summed E-state index contributed by atoms with van der Waals surface area (Å²) in [6.45, 7) is 9.85. The number of primary amides is 1. The Kier molecular flexibility index (Phi) is 14.4. The molecule has 1 aliphatic rings. The zero-order chi connectivity index (χ0) is 31.2. The van der Waals surface area contributed by atoms with Gasteiger partial charge in [0.1, 0.15) is 12.6 Å². The lowest BCUT2D eigenvalue weighted by molar-refractivity contribution is -0.129. The van der Waals surface area contributed by atoms with Gasteiger partial charge < -0.3 is 41.5 Å². The van der Waals surface area contributed by atoms with Crippen LogP contribution in [0.2, 0.25) is 0 Å². The van der Waals surface area contributed by atoms with Crippen LogP contribution in [0.1, 0.15) is 46.1 Å². The number of thioether (sulfide) groups is 1. The summed E-state index contributed by atoms with van der Waals surface area (Å²) in [4.78, 5) is 64.8. The fourth-order valence-electron chi connectivity index (χ4n) is 4.33. The molecule has 13 nitrogen and oxygen atoms in total. The SMILES string of the molecule is CSC(=O)N1CCN(C(=O)OCc2ccc(NC(=O)[C@H](CCCNC(N)=O)NC(=O)[C@@H](NC(C)C)C(C)C)cc2)CC1. The number of carbonyl (C=O) groups is 5. The van der Waals surface area contributed by atoms with Gasteiger partial charge in [-0.25, -0.2) is 9.59 Å². The molecule has 0 unspecified atom stereocenters. The number of ether oxygens (including phenoxy) is 1. The van der Waals surface area contributed by atoms with Gasteiger partial charge in [0, 0.05) is 44.5 Å². The molecule has 2 atom stereocenters. The number of carbonyl (C=O) groups excluding carboxylic acids is 5. The van der Waals surface area contributed by atoms with E-state index in [1.165, 1.54) is 0 Å². The minimum absolute atomic E-state index is 0.00301. The van der Waals surface area contributed by atoms with Crippen LogP contribution >= 0.6 is 11.8 Å². The smallest absolute Gasteiger partial charge is 0.410 e. The van der Waals surface area contributed by atoms with Crippen LogP contribution in [-0.2, 0) is 20.9 Å². The molecule has 0 aromatic heterocycles. The van der Waals surface area contributed by atoms with Crippen LogP contribution in [0, 0.1) is 5.92 Å². The predicted molar refractivity (Wildman–Crippen MR) is 163 cm³/mol. The molecule has 0 saturated carbocycles. The van der Waals surface area contributed by atoms with Crippen LogP contribution in [0.4, 0.5) is 20.1 Å². The molecule has 0 radical (unpaired) electrons. The fourth-order valence-corrected chi connectivity index (χ4v) is 4.77. The van der Waals surface area contributed by atoms with Crippen molar-refractivity contribution in [3.05, 3.63) is 29.8 Å².